The molecule has 0 aliphatic rings. The van der Waals surface area contributed by atoms with Crippen LogP contribution in [0.3, 0.4) is 0 Å². The molecule has 14 N–H and O–H groups in total. The van der Waals surface area contributed by atoms with Crippen LogP contribution in [-0.2, 0) is 10.4 Å². The summed E-state index contributed by atoms with van der Waals surface area (Å²) < 4.78 is 34.1. The smallest absolute Gasteiger partial charge is 0.759 e. The Morgan fingerprint density at radius 3 is 0.571 bits per heavy atom. The van der Waals surface area contributed by atoms with Crippen LogP contribution in [0.1, 0.15) is 0 Å². The number of rotatable bonds is 0. The van der Waals surface area contributed by atoms with E-state index in [1.807, 2.05) is 0 Å². The zero-order chi connectivity index (χ0) is 4.50. The third-order valence-corrected chi connectivity index (χ3v) is 0. The third kappa shape index (κ3) is 1010. The number of hydrogen-bond donors (Lipinski definition) is 0. The summed E-state index contributed by atoms with van der Waals surface area (Å²) in [6.07, 6.45) is 0. The average molecular weight is 631 g/mol. The first-order valence-corrected chi connectivity index (χ1v) is 2.00. The summed E-state index contributed by atoms with van der Waals surface area (Å²) in [4.78, 5) is 0. The molecule has 0 aromatic rings. The van der Waals surface area contributed by atoms with Gasteiger partial charge < -0.3 is 47.4 Å². The minimum absolute atomic E-state index is 0. The Balaban J connectivity index is -0.00000000222. The molecule has 14 heteroatoms. The second kappa shape index (κ2) is 47.1. The van der Waals surface area contributed by atoms with E-state index in [0.717, 1.165) is 0 Å². The van der Waals surface area contributed by atoms with Gasteiger partial charge in [-0.05, 0) is 0 Å². The zero-order valence-corrected chi connectivity index (χ0v) is 16.5. The Labute approximate surface area is 120 Å². The monoisotopic (exact) mass is 632 g/mol. The molecule has 11 nitrogen and oxygen atoms in total. The molecule has 0 aromatic heterocycles. The molecular formula is H14O11STl2. The van der Waals surface area contributed by atoms with Gasteiger partial charge in [-0.25, -0.2) is 0 Å². The van der Waals surface area contributed by atoms with Gasteiger partial charge in [0.05, 0.1) is 0 Å². The molecule has 0 rings (SSSR count). The fourth-order valence-electron chi connectivity index (χ4n) is 0. The van der Waals surface area contributed by atoms with Crippen molar-refractivity contribution in [3.05, 3.63) is 0 Å². The summed E-state index contributed by atoms with van der Waals surface area (Å²) in [5, 5.41) is 0. The molecule has 0 saturated heterocycles. The van der Waals surface area contributed by atoms with Crippen LogP contribution in [0.4, 0.5) is 0 Å². The quantitative estimate of drug-likeness (QED) is 0.143. The van der Waals surface area contributed by atoms with Crippen molar-refractivity contribution in [2.75, 3.05) is 0 Å². The van der Waals surface area contributed by atoms with Crippen LogP contribution in [0.2, 0.25) is 0 Å². The second-order valence-electron chi connectivity index (χ2n) is 0.408. The van der Waals surface area contributed by atoms with Gasteiger partial charge in [0.15, 0.2) is 0 Å². The molecule has 0 aliphatic heterocycles. The van der Waals surface area contributed by atoms with Gasteiger partial charge in [-0.15, -0.1) is 0 Å². The SMILES string of the molecule is O.O.O.O.O.O.O.O=S(=O)([O-])[O-].[Tl+].[Tl+]. The van der Waals surface area contributed by atoms with E-state index in [1.54, 1.807) is 0 Å². The van der Waals surface area contributed by atoms with E-state index in [4.69, 9.17) is 17.5 Å². The topological polar surface area (TPSA) is 301 Å². The predicted octanol–water partition coefficient (Wildman–Crippen LogP) is -7.87. The van der Waals surface area contributed by atoms with Crippen LogP contribution in [-0.4, -0.2) is 110 Å². The molecule has 0 amide bonds. The fourth-order valence-corrected chi connectivity index (χ4v) is 0. The average Bonchev–Trinajstić information content (AvgIpc) is 0.722. The molecule has 0 aromatic carbocycles. The molecule has 0 heterocycles. The molecule has 14 heavy (non-hydrogen) atoms. The molecule has 0 saturated carbocycles. The summed E-state index contributed by atoms with van der Waals surface area (Å²) in [6.45, 7) is 0. The Bertz CT molecular complexity index is 96.5. The van der Waals surface area contributed by atoms with Crippen molar-refractivity contribution < 1.29 is 55.9 Å². The van der Waals surface area contributed by atoms with Gasteiger partial charge in [0.25, 0.3) is 0 Å². The summed E-state index contributed by atoms with van der Waals surface area (Å²) in [5.74, 6) is 0. The van der Waals surface area contributed by atoms with E-state index < -0.39 is 10.4 Å². The van der Waals surface area contributed by atoms with Crippen molar-refractivity contribution in [2.24, 2.45) is 0 Å². The van der Waals surface area contributed by atoms with Crippen molar-refractivity contribution in [3.63, 3.8) is 0 Å². The molecule has 0 atom stereocenters. The first-order valence-electron chi connectivity index (χ1n) is 0.667. The van der Waals surface area contributed by atoms with Crippen LogP contribution in [0.25, 0.3) is 0 Å². The van der Waals surface area contributed by atoms with Crippen molar-refractivity contribution in [3.8, 4) is 0 Å². The van der Waals surface area contributed by atoms with Gasteiger partial charge in [0.2, 0.25) is 0 Å². The van der Waals surface area contributed by atoms with E-state index in [9.17, 15) is 0 Å². The molecule has 0 fully saturated rings. The minimum atomic E-state index is -5.17. The molecule has 0 radical (unpaired) electrons. The molecule has 0 unspecified atom stereocenters. The van der Waals surface area contributed by atoms with E-state index >= 15 is 0 Å². The third-order valence-electron chi connectivity index (χ3n) is 0. The van der Waals surface area contributed by atoms with Gasteiger partial charge >= 0.3 is 54.6 Å². The van der Waals surface area contributed by atoms with E-state index in [2.05, 4.69) is 0 Å². The van der Waals surface area contributed by atoms with Crippen molar-refractivity contribution in [2.45, 2.75) is 0 Å². The maximum absolute atomic E-state index is 8.52. The Morgan fingerprint density at radius 2 is 0.571 bits per heavy atom. The van der Waals surface area contributed by atoms with Crippen LogP contribution in [0, 0.1) is 0 Å². The molecular weight excluding hydrogens is 617 g/mol. The second-order valence-corrected chi connectivity index (χ2v) is 1.22. The summed E-state index contributed by atoms with van der Waals surface area (Å²) in [7, 11) is -5.17. The van der Waals surface area contributed by atoms with Crippen molar-refractivity contribution in [1.29, 1.82) is 0 Å². The van der Waals surface area contributed by atoms with E-state index in [1.165, 1.54) is 0 Å². The van der Waals surface area contributed by atoms with E-state index in [-0.39, 0.29) is 92.9 Å². The first-order chi connectivity index (χ1) is 2.00. The van der Waals surface area contributed by atoms with Crippen LogP contribution >= 0.6 is 0 Å². The predicted molar refractivity (Wildman–Crippen MR) is 47.3 cm³/mol. The first kappa shape index (κ1) is 109. The molecule has 0 aliphatic carbocycles. The maximum Gasteiger partial charge on any atom is 1.00 e. The fraction of sp³-hybridized carbons (Fsp3) is 0. The maximum atomic E-state index is 8.52. The zero-order valence-electron chi connectivity index (χ0n) is 6.70. The largest absolute Gasteiger partial charge is 1.00 e. The van der Waals surface area contributed by atoms with Gasteiger partial charge in [-0.1, -0.05) is 0 Å². The van der Waals surface area contributed by atoms with E-state index in [0.29, 0.717) is 0 Å². The standard InChI is InChI=1S/H2O4S.7H2O.2Tl/c1-5(2,3)4;;;;;;;;;/h(H2,1,2,3,4);7*1H2;;/q;;;;;;;;2*+1/p-2. The summed E-state index contributed by atoms with van der Waals surface area (Å²) in [6, 6.07) is 0. The summed E-state index contributed by atoms with van der Waals surface area (Å²) in [5.41, 5.74) is 0. The van der Waals surface area contributed by atoms with Crippen molar-refractivity contribution >= 4 is 65.0 Å². The van der Waals surface area contributed by atoms with Gasteiger partial charge in [0.1, 0.15) is 0 Å². The van der Waals surface area contributed by atoms with Gasteiger partial charge in [-0.2, -0.15) is 0 Å². The normalized spacial score (nSPS) is 4.14. The molecule has 0 spiro atoms. The molecule has 92 valence electrons. The molecule has 0 bridgehead atoms. The van der Waals surface area contributed by atoms with Crippen LogP contribution in [0.15, 0.2) is 0 Å². The van der Waals surface area contributed by atoms with Gasteiger partial charge in [-0.3, -0.25) is 8.42 Å². The Morgan fingerprint density at radius 1 is 0.571 bits per heavy atom. The minimum Gasteiger partial charge on any atom is -0.759 e. The van der Waals surface area contributed by atoms with Crippen LogP contribution in [0.5, 0.6) is 0 Å². The Hall–Kier alpha value is 1.43. The number of hydrogen-bond acceptors (Lipinski definition) is 4. The van der Waals surface area contributed by atoms with Crippen LogP contribution < -0.4 is 0 Å². The van der Waals surface area contributed by atoms with Gasteiger partial charge in [0, 0.05) is 10.4 Å². The Kier molecular flexibility index (Phi) is 367. The van der Waals surface area contributed by atoms with Crippen molar-refractivity contribution in [1.82, 2.24) is 0 Å². The summed E-state index contributed by atoms with van der Waals surface area (Å²) >= 11 is 0.